The molecule has 3 nitrogen and oxygen atoms in total. The first-order valence-corrected chi connectivity index (χ1v) is 21.1. The van der Waals surface area contributed by atoms with Gasteiger partial charge in [-0.25, -0.2) is 0 Å². The van der Waals surface area contributed by atoms with Gasteiger partial charge < -0.3 is 14.7 Å². The van der Waals surface area contributed by atoms with Crippen molar-refractivity contribution in [3.05, 3.63) is 235 Å². The largest absolute Gasteiger partial charge is 0.312 e. The fraction of sp³-hybridized carbons (Fsp3) is 0.0182. The van der Waals surface area contributed by atoms with Crippen molar-refractivity contribution in [3.8, 4) is 0 Å². The van der Waals surface area contributed by atoms with Crippen LogP contribution in [-0.4, -0.2) is 13.4 Å². The minimum Gasteiger partial charge on any atom is -0.312 e. The van der Waals surface area contributed by atoms with E-state index in [9.17, 15) is 0 Å². The number of hydrogen-bond acceptors (Lipinski definition) is 3. The van der Waals surface area contributed by atoms with Gasteiger partial charge in [-0.1, -0.05) is 151 Å². The summed E-state index contributed by atoms with van der Waals surface area (Å²) in [5, 5.41) is 0. The van der Waals surface area contributed by atoms with Crippen LogP contribution in [0.4, 0.5) is 51.2 Å². The zero-order valence-corrected chi connectivity index (χ0v) is 32.9. The molecule has 0 bridgehead atoms. The van der Waals surface area contributed by atoms with Crippen LogP contribution in [0.3, 0.4) is 0 Å². The number of para-hydroxylation sites is 5. The van der Waals surface area contributed by atoms with E-state index in [4.69, 9.17) is 0 Å². The molecule has 0 saturated heterocycles. The lowest BCUT2D eigenvalue weighted by molar-refractivity contribution is 0.983. The molecule has 9 aromatic rings. The maximum atomic E-state index is 2.63. The van der Waals surface area contributed by atoms with Crippen LogP contribution in [0.2, 0.25) is 0 Å². The number of rotatable bonds is 4. The lowest BCUT2D eigenvalue weighted by Crippen LogP contribution is -2.65. The van der Waals surface area contributed by atoms with Gasteiger partial charge in [0, 0.05) is 57.1 Å². The summed E-state index contributed by atoms with van der Waals surface area (Å²) in [4.78, 5) is 7.51. The maximum absolute atomic E-state index is 2.63. The maximum Gasteiger partial charge on any atom is 0.252 e. The Morgan fingerprint density at radius 3 is 1.25 bits per heavy atom. The number of nitrogens with zero attached hydrogens (tertiary/aromatic N) is 3. The number of anilines is 9. The Labute approximate surface area is 351 Å². The van der Waals surface area contributed by atoms with Crippen LogP contribution >= 0.6 is 0 Å². The summed E-state index contributed by atoms with van der Waals surface area (Å²) in [6, 6.07) is 81.3. The Bertz CT molecular complexity index is 2930. The SMILES string of the molecule is c1ccc(C2c3cc4c(cc3B3c5ccccc5N(c5ccccc5)c5cccc2c53)B2c3ccccc3N(c3ccccc3)c3cccc(c32)N4c2ccccc2)cc1. The van der Waals surface area contributed by atoms with E-state index in [1.165, 1.54) is 89.3 Å². The molecule has 4 aliphatic heterocycles. The first kappa shape index (κ1) is 33.5. The molecule has 60 heavy (non-hydrogen) atoms. The van der Waals surface area contributed by atoms with Crippen molar-refractivity contribution < 1.29 is 0 Å². The average Bonchev–Trinajstić information content (AvgIpc) is 3.32. The molecule has 9 aromatic carbocycles. The van der Waals surface area contributed by atoms with Crippen LogP contribution < -0.4 is 47.5 Å². The third-order valence-corrected chi connectivity index (χ3v) is 13.3. The summed E-state index contributed by atoms with van der Waals surface area (Å²) in [7, 11) is 0. The van der Waals surface area contributed by atoms with Gasteiger partial charge in [-0.05, 0) is 117 Å². The fourth-order valence-electron chi connectivity index (χ4n) is 11.1. The molecule has 1 atom stereocenters. The van der Waals surface area contributed by atoms with Gasteiger partial charge in [-0.3, -0.25) is 0 Å². The van der Waals surface area contributed by atoms with Gasteiger partial charge in [0.2, 0.25) is 6.71 Å². The topological polar surface area (TPSA) is 9.72 Å². The second-order valence-electron chi connectivity index (χ2n) is 16.4. The van der Waals surface area contributed by atoms with Gasteiger partial charge in [0.15, 0.2) is 0 Å². The summed E-state index contributed by atoms with van der Waals surface area (Å²) in [5.74, 6) is 0.0400. The van der Waals surface area contributed by atoms with Crippen LogP contribution in [-0.2, 0) is 0 Å². The van der Waals surface area contributed by atoms with Crippen molar-refractivity contribution in [3.63, 3.8) is 0 Å². The highest BCUT2D eigenvalue weighted by atomic mass is 15.2. The highest BCUT2D eigenvalue weighted by Gasteiger charge is 2.48. The third-order valence-electron chi connectivity index (χ3n) is 13.3. The zero-order chi connectivity index (χ0) is 39.3. The predicted molar refractivity (Wildman–Crippen MR) is 254 cm³/mol. The Morgan fingerprint density at radius 2 is 0.700 bits per heavy atom. The quantitative estimate of drug-likeness (QED) is 0.166. The Hall–Kier alpha value is -7.49. The molecular weight excluding hydrogens is 724 g/mol. The summed E-state index contributed by atoms with van der Waals surface area (Å²) in [5.41, 5.74) is 23.1. The van der Waals surface area contributed by atoms with Gasteiger partial charge in [0.05, 0.1) is 0 Å². The van der Waals surface area contributed by atoms with E-state index in [0.717, 1.165) is 11.4 Å². The van der Waals surface area contributed by atoms with Crippen LogP contribution in [0.25, 0.3) is 0 Å². The lowest BCUT2D eigenvalue weighted by Gasteiger charge is -2.46. The molecular formula is C55H37B2N3. The van der Waals surface area contributed by atoms with Gasteiger partial charge in [0.1, 0.15) is 0 Å². The summed E-state index contributed by atoms with van der Waals surface area (Å²) >= 11 is 0. The minimum atomic E-state index is 0.0269. The van der Waals surface area contributed by atoms with Gasteiger partial charge in [-0.2, -0.15) is 0 Å². The van der Waals surface area contributed by atoms with Crippen molar-refractivity contribution in [1.29, 1.82) is 0 Å². The molecule has 0 N–H and O–H groups in total. The van der Waals surface area contributed by atoms with Crippen molar-refractivity contribution in [2.75, 3.05) is 14.7 Å². The number of fused-ring (bicyclic) bond motifs is 8. The summed E-state index contributed by atoms with van der Waals surface area (Å²) in [6.45, 7) is 0.0770. The van der Waals surface area contributed by atoms with E-state index in [1.54, 1.807) is 0 Å². The van der Waals surface area contributed by atoms with E-state index >= 15 is 0 Å². The average molecular weight is 762 g/mol. The van der Waals surface area contributed by atoms with E-state index in [-0.39, 0.29) is 19.3 Å². The van der Waals surface area contributed by atoms with E-state index in [2.05, 4.69) is 233 Å². The van der Waals surface area contributed by atoms with E-state index in [1.807, 2.05) is 0 Å². The number of hydrogen-bond donors (Lipinski definition) is 0. The molecule has 0 aromatic heterocycles. The van der Waals surface area contributed by atoms with Crippen LogP contribution in [0.5, 0.6) is 0 Å². The molecule has 1 unspecified atom stereocenters. The first-order valence-electron chi connectivity index (χ1n) is 21.1. The van der Waals surface area contributed by atoms with Gasteiger partial charge >= 0.3 is 0 Å². The van der Waals surface area contributed by atoms with E-state index < -0.39 is 0 Å². The first-order chi connectivity index (χ1) is 29.8. The molecule has 5 heteroatoms. The van der Waals surface area contributed by atoms with Crippen LogP contribution in [0.15, 0.2) is 218 Å². The summed E-state index contributed by atoms with van der Waals surface area (Å²) in [6.07, 6.45) is 0. The molecule has 0 radical (unpaired) electrons. The molecule has 4 heterocycles. The minimum absolute atomic E-state index is 0.0269. The van der Waals surface area contributed by atoms with E-state index in [0.29, 0.717) is 0 Å². The Kier molecular flexibility index (Phi) is 7.26. The molecule has 0 aliphatic carbocycles. The fourth-order valence-corrected chi connectivity index (χ4v) is 11.1. The smallest absolute Gasteiger partial charge is 0.252 e. The Morgan fingerprint density at radius 1 is 0.283 bits per heavy atom. The molecule has 13 rings (SSSR count). The Balaban J connectivity index is 1.14. The zero-order valence-electron chi connectivity index (χ0n) is 32.9. The highest BCUT2D eigenvalue weighted by Crippen LogP contribution is 2.47. The number of benzene rings is 9. The van der Waals surface area contributed by atoms with Gasteiger partial charge in [-0.15, -0.1) is 0 Å². The van der Waals surface area contributed by atoms with Crippen molar-refractivity contribution >= 4 is 97.4 Å². The standard InChI is InChI=1S/C55H37B2N3/c1-5-19-37(20-6-1)53-41-27-17-32-49-54(41)56(43-28-13-15-30-47(43)58(49)38-21-7-2-8-22-38)45-36-46-52(35-42(45)53)60(40-25-11-4-12-26-40)51-34-18-33-50-55(51)57(46)44-29-14-16-31-48(44)59(50)39-23-9-3-10-24-39/h1-36,53H. The van der Waals surface area contributed by atoms with Crippen LogP contribution in [0.1, 0.15) is 22.6 Å². The highest BCUT2D eigenvalue weighted by molar-refractivity contribution is 7.02. The molecule has 0 amide bonds. The van der Waals surface area contributed by atoms with Crippen molar-refractivity contribution in [1.82, 2.24) is 0 Å². The third kappa shape index (κ3) is 4.69. The monoisotopic (exact) mass is 761 g/mol. The molecule has 278 valence electrons. The second kappa shape index (κ2) is 13.0. The van der Waals surface area contributed by atoms with Crippen molar-refractivity contribution in [2.24, 2.45) is 0 Å². The van der Waals surface area contributed by atoms with Gasteiger partial charge in [0.25, 0.3) is 6.71 Å². The predicted octanol–water partition coefficient (Wildman–Crippen LogP) is 9.56. The second-order valence-corrected chi connectivity index (χ2v) is 16.4. The molecule has 4 aliphatic rings. The molecule has 0 saturated carbocycles. The lowest BCUT2D eigenvalue weighted by atomic mass is 9.28. The van der Waals surface area contributed by atoms with Crippen LogP contribution in [0, 0.1) is 0 Å². The molecule has 0 spiro atoms. The normalized spacial score (nSPS) is 15.0. The van der Waals surface area contributed by atoms with Crippen molar-refractivity contribution in [2.45, 2.75) is 5.92 Å². The summed E-state index contributed by atoms with van der Waals surface area (Å²) < 4.78 is 0. The molecule has 0 fully saturated rings.